The topological polar surface area (TPSA) is 113 Å². The number of rotatable bonds is 4. The van der Waals surface area contributed by atoms with E-state index in [1.54, 1.807) is 6.92 Å². The Labute approximate surface area is 153 Å². The van der Waals surface area contributed by atoms with E-state index in [-0.39, 0.29) is 23.8 Å². The maximum atomic E-state index is 12.6. The van der Waals surface area contributed by atoms with Gasteiger partial charge in [-0.3, -0.25) is 9.89 Å². The number of aromatic amines is 1. The van der Waals surface area contributed by atoms with Crippen LogP contribution in [0.2, 0.25) is 0 Å². The molecule has 0 bridgehead atoms. The first kappa shape index (κ1) is 18.9. The number of nitrogens with two attached hydrogens (primary N) is 1. The van der Waals surface area contributed by atoms with Crippen molar-refractivity contribution in [2.45, 2.75) is 32.0 Å². The molecule has 8 nitrogen and oxygen atoms in total. The minimum atomic E-state index is -4.40. The van der Waals surface area contributed by atoms with Crippen LogP contribution in [-0.2, 0) is 11.0 Å². The third-order valence-electron chi connectivity index (χ3n) is 4.55. The first-order chi connectivity index (χ1) is 12.7. The summed E-state index contributed by atoms with van der Waals surface area (Å²) in [6.07, 6.45) is -2.40. The Balaban J connectivity index is 1.53. The summed E-state index contributed by atoms with van der Waals surface area (Å²) in [6, 6.07) is 2.03. The van der Waals surface area contributed by atoms with Crippen LogP contribution in [0.1, 0.15) is 37.2 Å². The molecule has 1 amide bonds. The summed E-state index contributed by atoms with van der Waals surface area (Å²) in [6.45, 7) is 2.86. The van der Waals surface area contributed by atoms with Crippen LogP contribution in [-0.4, -0.2) is 39.2 Å². The number of hydrogen-bond donors (Lipinski definition) is 3. The first-order valence-corrected chi connectivity index (χ1v) is 8.50. The molecule has 3 heterocycles. The first-order valence-electron chi connectivity index (χ1n) is 8.50. The van der Waals surface area contributed by atoms with E-state index in [0.29, 0.717) is 37.6 Å². The molecule has 0 aromatic carbocycles. The minimum Gasteiger partial charge on any atom is -0.367 e. The van der Waals surface area contributed by atoms with Gasteiger partial charge in [0, 0.05) is 25.2 Å². The van der Waals surface area contributed by atoms with Crippen molar-refractivity contribution in [3.63, 3.8) is 0 Å². The number of carbonyl (C=O) groups excluding carboxylic acids is 1. The fraction of sp³-hybridized carbons (Fsp3) is 0.500. The molecule has 0 spiro atoms. The van der Waals surface area contributed by atoms with Crippen LogP contribution in [0.25, 0.3) is 0 Å². The van der Waals surface area contributed by atoms with Crippen LogP contribution in [0, 0.1) is 5.92 Å². The third-order valence-corrected chi connectivity index (χ3v) is 4.55. The van der Waals surface area contributed by atoms with Crippen LogP contribution >= 0.6 is 0 Å². The van der Waals surface area contributed by atoms with Gasteiger partial charge in [0.05, 0.1) is 11.6 Å². The molecule has 3 rings (SSSR count). The minimum absolute atomic E-state index is 0.0995. The van der Waals surface area contributed by atoms with Gasteiger partial charge in [0.25, 0.3) is 0 Å². The van der Waals surface area contributed by atoms with Gasteiger partial charge >= 0.3 is 6.18 Å². The summed E-state index contributed by atoms with van der Waals surface area (Å²) < 4.78 is 37.8. The maximum absolute atomic E-state index is 12.6. The Bertz CT molecular complexity index is 782. The number of halogens is 3. The number of piperidine rings is 1. The average Bonchev–Trinajstić information content (AvgIpc) is 3.08. The summed E-state index contributed by atoms with van der Waals surface area (Å²) in [5, 5.41) is 9.26. The smallest absolute Gasteiger partial charge is 0.367 e. The molecule has 1 aliphatic heterocycles. The van der Waals surface area contributed by atoms with Crippen molar-refractivity contribution >= 4 is 17.7 Å². The highest BCUT2D eigenvalue weighted by molar-refractivity contribution is 5.79. The number of alkyl halides is 3. The number of aromatic nitrogens is 4. The van der Waals surface area contributed by atoms with E-state index in [4.69, 9.17) is 5.73 Å². The SMILES string of the molecule is CC(NC(=O)C1CCN(c2ccc(C(F)(F)F)cn2)CC1)c1nc(N)n[nH]1. The van der Waals surface area contributed by atoms with Gasteiger partial charge in [-0.1, -0.05) is 0 Å². The highest BCUT2D eigenvalue weighted by Crippen LogP contribution is 2.30. The molecule has 1 atom stereocenters. The summed E-state index contributed by atoms with van der Waals surface area (Å²) in [5.74, 6) is 0.791. The molecule has 1 fully saturated rings. The van der Waals surface area contributed by atoms with Crippen molar-refractivity contribution in [2.24, 2.45) is 5.92 Å². The van der Waals surface area contributed by atoms with E-state index < -0.39 is 11.7 Å². The van der Waals surface area contributed by atoms with Gasteiger partial charge in [0.2, 0.25) is 11.9 Å². The lowest BCUT2D eigenvalue weighted by Crippen LogP contribution is -2.41. The fourth-order valence-electron chi connectivity index (χ4n) is 2.99. The summed E-state index contributed by atoms with van der Waals surface area (Å²) in [4.78, 5) is 22.2. The molecule has 1 aliphatic rings. The zero-order valence-corrected chi connectivity index (χ0v) is 14.6. The fourth-order valence-corrected chi connectivity index (χ4v) is 2.99. The lowest BCUT2D eigenvalue weighted by molar-refractivity contribution is -0.137. The third kappa shape index (κ3) is 4.47. The number of nitrogen functional groups attached to an aromatic ring is 1. The zero-order valence-electron chi connectivity index (χ0n) is 14.6. The predicted octanol–water partition coefficient (Wildman–Crippen LogP) is 1.89. The molecule has 0 saturated carbocycles. The van der Waals surface area contributed by atoms with E-state index >= 15 is 0 Å². The normalized spacial score (nSPS) is 17.0. The van der Waals surface area contributed by atoms with Gasteiger partial charge in [-0.15, -0.1) is 5.10 Å². The molecule has 27 heavy (non-hydrogen) atoms. The zero-order chi connectivity index (χ0) is 19.6. The number of amides is 1. The van der Waals surface area contributed by atoms with Crippen molar-refractivity contribution in [3.05, 3.63) is 29.7 Å². The molecule has 1 saturated heterocycles. The Morgan fingerprint density at radius 2 is 2.07 bits per heavy atom. The van der Waals surface area contributed by atoms with Gasteiger partial charge in [-0.25, -0.2) is 4.98 Å². The lowest BCUT2D eigenvalue weighted by Gasteiger charge is -2.32. The second-order valence-corrected chi connectivity index (χ2v) is 6.47. The van der Waals surface area contributed by atoms with Crippen molar-refractivity contribution in [2.75, 3.05) is 23.7 Å². The van der Waals surface area contributed by atoms with Crippen LogP contribution in [0.4, 0.5) is 24.9 Å². The highest BCUT2D eigenvalue weighted by Gasteiger charge is 2.31. The molecule has 2 aromatic rings. The van der Waals surface area contributed by atoms with Gasteiger partial charge in [-0.05, 0) is 31.9 Å². The van der Waals surface area contributed by atoms with Crippen LogP contribution in [0.15, 0.2) is 18.3 Å². The van der Waals surface area contributed by atoms with Crippen molar-refractivity contribution in [1.29, 1.82) is 0 Å². The lowest BCUT2D eigenvalue weighted by atomic mass is 9.95. The monoisotopic (exact) mass is 383 g/mol. The van der Waals surface area contributed by atoms with Gasteiger partial charge in [-0.2, -0.15) is 18.2 Å². The summed E-state index contributed by atoms with van der Waals surface area (Å²) in [5.41, 5.74) is 4.68. The Hall–Kier alpha value is -2.85. The summed E-state index contributed by atoms with van der Waals surface area (Å²) in [7, 11) is 0. The molecular weight excluding hydrogens is 363 g/mol. The Morgan fingerprint density at radius 1 is 1.37 bits per heavy atom. The van der Waals surface area contributed by atoms with Crippen molar-refractivity contribution < 1.29 is 18.0 Å². The van der Waals surface area contributed by atoms with Crippen LogP contribution < -0.4 is 16.0 Å². The van der Waals surface area contributed by atoms with E-state index in [2.05, 4.69) is 25.5 Å². The molecule has 4 N–H and O–H groups in total. The van der Waals surface area contributed by atoms with Gasteiger partial charge in [0.15, 0.2) is 0 Å². The number of pyridine rings is 1. The Morgan fingerprint density at radius 3 is 2.59 bits per heavy atom. The van der Waals surface area contributed by atoms with Gasteiger partial charge < -0.3 is 16.0 Å². The second kappa shape index (κ2) is 7.41. The van der Waals surface area contributed by atoms with Crippen molar-refractivity contribution in [1.82, 2.24) is 25.5 Å². The van der Waals surface area contributed by atoms with Gasteiger partial charge in [0.1, 0.15) is 11.6 Å². The number of anilines is 2. The number of hydrogen-bond acceptors (Lipinski definition) is 6. The number of H-pyrrole nitrogens is 1. The average molecular weight is 383 g/mol. The van der Waals surface area contributed by atoms with E-state index in [0.717, 1.165) is 12.3 Å². The molecule has 2 aromatic heterocycles. The van der Waals surface area contributed by atoms with E-state index in [1.807, 2.05) is 4.90 Å². The summed E-state index contributed by atoms with van der Waals surface area (Å²) >= 11 is 0. The number of carbonyl (C=O) groups is 1. The highest BCUT2D eigenvalue weighted by atomic mass is 19.4. The molecular formula is C16H20F3N7O. The largest absolute Gasteiger partial charge is 0.417 e. The van der Waals surface area contributed by atoms with E-state index in [1.165, 1.54) is 6.07 Å². The molecule has 146 valence electrons. The number of nitrogens with one attached hydrogen (secondary N) is 2. The predicted molar refractivity (Wildman–Crippen MR) is 91.5 cm³/mol. The molecule has 0 radical (unpaired) electrons. The van der Waals surface area contributed by atoms with Crippen molar-refractivity contribution in [3.8, 4) is 0 Å². The second-order valence-electron chi connectivity index (χ2n) is 6.47. The maximum Gasteiger partial charge on any atom is 0.417 e. The Kier molecular flexibility index (Phi) is 5.19. The van der Waals surface area contributed by atoms with E-state index in [9.17, 15) is 18.0 Å². The molecule has 0 aliphatic carbocycles. The van der Waals surface area contributed by atoms with Crippen LogP contribution in [0.5, 0.6) is 0 Å². The standard InChI is InChI=1S/C16H20F3N7O/c1-9(13-23-15(20)25-24-13)22-14(27)10-4-6-26(7-5-10)12-3-2-11(8-21-12)16(17,18)19/h2-3,8-10H,4-7H2,1H3,(H,22,27)(H3,20,23,24,25). The quantitative estimate of drug-likeness (QED) is 0.743. The number of nitrogens with zero attached hydrogens (tertiary/aromatic N) is 4. The molecule has 11 heteroatoms. The molecule has 1 unspecified atom stereocenters. The van der Waals surface area contributed by atoms with Crippen LogP contribution in [0.3, 0.4) is 0 Å².